The molecule has 28 heavy (non-hydrogen) atoms. The highest BCUT2D eigenvalue weighted by molar-refractivity contribution is 7.89. The maximum absolute atomic E-state index is 12.4. The Morgan fingerprint density at radius 2 is 1.79 bits per heavy atom. The van der Waals surface area contributed by atoms with Gasteiger partial charge in [0.05, 0.1) is 28.8 Å². The lowest BCUT2D eigenvalue weighted by Gasteiger charge is -2.13. The van der Waals surface area contributed by atoms with E-state index in [2.05, 4.69) is 10.0 Å². The zero-order valence-electron chi connectivity index (χ0n) is 15.2. The first-order valence-corrected chi connectivity index (χ1v) is 10.5. The molecular formula is C20H21N3O4S. The van der Waals surface area contributed by atoms with Crippen molar-refractivity contribution in [1.82, 2.24) is 4.72 Å². The second-order valence-electron chi connectivity index (χ2n) is 6.53. The van der Waals surface area contributed by atoms with Gasteiger partial charge in [-0.05, 0) is 62.1 Å². The Bertz CT molecular complexity index is 975. The molecular weight excluding hydrogens is 378 g/mol. The molecule has 0 saturated heterocycles. The predicted octanol–water partition coefficient (Wildman–Crippen LogP) is 2.80. The number of rotatable bonds is 7. The standard InChI is InChI=1S/C20H21N3O4S/c21-13-15-5-1-4-8-19(15)23-20(24)14-22-28(25,26)18-11-9-17(10-12-18)27-16-6-2-3-7-16/h1,4-5,8-12,16,22H,2-3,6-7,14H2,(H,23,24). The number of nitrogens with one attached hydrogen (secondary N) is 2. The van der Waals surface area contributed by atoms with Gasteiger partial charge in [0, 0.05) is 0 Å². The molecule has 1 amide bonds. The summed E-state index contributed by atoms with van der Waals surface area (Å²) in [7, 11) is -3.84. The topological polar surface area (TPSA) is 108 Å². The molecule has 1 aliphatic rings. The Labute approximate surface area is 164 Å². The van der Waals surface area contributed by atoms with Gasteiger partial charge in [0.25, 0.3) is 0 Å². The Morgan fingerprint density at radius 3 is 2.46 bits per heavy atom. The molecule has 2 aromatic rings. The summed E-state index contributed by atoms with van der Waals surface area (Å²) in [5, 5.41) is 11.6. The highest BCUT2D eigenvalue weighted by atomic mass is 32.2. The fourth-order valence-corrected chi connectivity index (χ4v) is 4.01. The second-order valence-corrected chi connectivity index (χ2v) is 8.29. The smallest absolute Gasteiger partial charge is 0.241 e. The van der Waals surface area contributed by atoms with Crippen LogP contribution in [0.15, 0.2) is 53.4 Å². The molecule has 7 nitrogen and oxygen atoms in total. The van der Waals surface area contributed by atoms with Crippen molar-refractivity contribution in [3.63, 3.8) is 0 Å². The normalized spacial score (nSPS) is 14.4. The van der Waals surface area contributed by atoms with Gasteiger partial charge in [0.2, 0.25) is 15.9 Å². The van der Waals surface area contributed by atoms with Gasteiger partial charge in [-0.1, -0.05) is 12.1 Å². The number of amides is 1. The third-order valence-electron chi connectivity index (χ3n) is 4.48. The Balaban J connectivity index is 1.57. The van der Waals surface area contributed by atoms with Crippen molar-refractivity contribution in [2.24, 2.45) is 0 Å². The van der Waals surface area contributed by atoms with Crippen LogP contribution >= 0.6 is 0 Å². The van der Waals surface area contributed by atoms with Crippen LogP contribution in [0.4, 0.5) is 5.69 Å². The van der Waals surface area contributed by atoms with Crippen molar-refractivity contribution in [2.75, 3.05) is 11.9 Å². The van der Waals surface area contributed by atoms with Crippen LogP contribution in [0.2, 0.25) is 0 Å². The molecule has 0 spiro atoms. The van der Waals surface area contributed by atoms with Crippen molar-refractivity contribution >= 4 is 21.6 Å². The van der Waals surface area contributed by atoms with E-state index in [-0.39, 0.29) is 11.0 Å². The van der Waals surface area contributed by atoms with Crippen LogP contribution in [0.5, 0.6) is 5.75 Å². The van der Waals surface area contributed by atoms with E-state index in [1.165, 1.54) is 12.1 Å². The molecule has 0 aromatic heterocycles. The number of hydrogen-bond acceptors (Lipinski definition) is 5. The van der Waals surface area contributed by atoms with Crippen LogP contribution in [-0.4, -0.2) is 27.0 Å². The molecule has 2 aromatic carbocycles. The number of hydrogen-bond donors (Lipinski definition) is 2. The van der Waals surface area contributed by atoms with E-state index in [1.807, 2.05) is 6.07 Å². The summed E-state index contributed by atoms with van der Waals surface area (Å²) in [6.45, 7) is -0.442. The summed E-state index contributed by atoms with van der Waals surface area (Å²) in [6.07, 6.45) is 4.54. The number of carbonyl (C=O) groups excluding carboxylic acids is 1. The molecule has 0 unspecified atom stereocenters. The molecule has 1 aliphatic carbocycles. The highest BCUT2D eigenvalue weighted by Crippen LogP contribution is 2.25. The molecule has 0 heterocycles. The third kappa shape index (κ3) is 5.09. The summed E-state index contributed by atoms with van der Waals surface area (Å²) in [4.78, 5) is 12.1. The summed E-state index contributed by atoms with van der Waals surface area (Å²) in [5.74, 6) is 0.0733. The van der Waals surface area contributed by atoms with E-state index in [4.69, 9.17) is 10.00 Å². The monoisotopic (exact) mass is 399 g/mol. The first kappa shape index (κ1) is 19.9. The van der Waals surface area contributed by atoms with Crippen molar-refractivity contribution in [3.8, 4) is 11.8 Å². The summed E-state index contributed by atoms with van der Waals surface area (Å²) < 4.78 is 32.9. The van der Waals surface area contributed by atoms with Gasteiger partial charge >= 0.3 is 0 Å². The van der Waals surface area contributed by atoms with Gasteiger partial charge < -0.3 is 10.1 Å². The van der Waals surface area contributed by atoms with Gasteiger partial charge in [-0.25, -0.2) is 13.1 Å². The van der Waals surface area contributed by atoms with Crippen molar-refractivity contribution in [2.45, 2.75) is 36.7 Å². The van der Waals surface area contributed by atoms with E-state index in [0.717, 1.165) is 25.7 Å². The van der Waals surface area contributed by atoms with Gasteiger partial charge in [0.15, 0.2) is 0 Å². The quantitative estimate of drug-likeness (QED) is 0.744. The zero-order valence-corrected chi connectivity index (χ0v) is 16.0. The average molecular weight is 399 g/mol. The first-order chi connectivity index (χ1) is 13.5. The zero-order chi connectivity index (χ0) is 20.0. The molecule has 1 fully saturated rings. The molecule has 0 radical (unpaired) electrons. The number of nitriles is 1. The third-order valence-corrected chi connectivity index (χ3v) is 5.90. The number of para-hydroxylation sites is 1. The SMILES string of the molecule is N#Cc1ccccc1NC(=O)CNS(=O)(=O)c1ccc(OC2CCCC2)cc1. The number of nitrogens with zero attached hydrogens (tertiary/aromatic N) is 1. The van der Waals surface area contributed by atoms with Gasteiger partial charge in [0.1, 0.15) is 11.8 Å². The Hall–Kier alpha value is -2.89. The molecule has 3 rings (SSSR count). The minimum atomic E-state index is -3.84. The maximum Gasteiger partial charge on any atom is 0.241 e. The lowest BCUT2D eigenvalue weighted by molar-refractivity contribution is -0.115. The number of anilines is 1. The largest absolute Gasteiger partial charge is 0.490 e. The van der Waals surface area contributed by atoms with Gasteiger partial charge in [-0.15, -0.1) is 0 Å². The van der Waals surface area contributed by atoms with E-state index in [9.17, 15) is 13.2 Å². The fourth-order valence-electron chi connectivity index (χ4n) is 3.02. The number of benzene rings is 2. The van der Waals surface area contributed by atoms with Crippen LogP contribution in [0.3, 0.4) is 0 Å². The minimum absolute atomic E-state index is 0.0523. The summed E-state index contributed by atoms with van der Waals surface area (Å²) >= 11 is 0. The number of carbonyl (C=O) groups is 1. The van der Waals surface area contributed by atoms with Crippen LogP contribution in [0, 0.1) is 11.3 Å². The molecule has 1 saturated carbocycles. The summed E-state index contributed by atoms with van der Waals surface area (Å²) in [5.41, 5.74) is 0.638. The summed E-state index contributed by atoms with van der Waals surface area (Å²) in [6, 6.07) is 14.6. The lowest BCUT2D eigenvalue weighted by Crippen LogP contribution is -2.33. The van der Waals surface area contributed by atoms with E-state index < -0.39 is 22.5 Å². The minimum Gasteiger partial charge on any atom is -0.490 e. The Morgan fingerprint density at radius 1 is 1.11 bits per heavy atom. The molecule has 0 atom stereocenters. The second kappa shape index (κ2) is 8.87. The highest BCUT2D eigenvalue weighted by Gasteiger charge is 2.18. The van der Waals surface area contributed by atoms with Crippen LogP contribution < -0.4 is 14.8 Å². The Kier molecular flexibility index (Phi) is 6.29. The van der Waals surface area contributed by atoms with Crippen molar-refractivity contribution in [3.05, 3.63) is 54.1 Å². The molecule has 2 N–H and O–H groups in total. The molecule has 8 heteroatoms. The van der Waals surface area contributed by atoms with Crippen molar-refractivity contribution in [1.29, 1.82) is 5.26 Å². The van der Waals surface area contributed by atoms with Crippen LogP contribution in [0.25, 0.3) is 0 Å². The average Bonchev–Trinajstić information content (AvgIpc) is 3.20. The lowest BCUT2D eigenvalue weighted by atomic mass is 10.2. The van der Waals surface area contributed by atoms with Gasteiger partial charge in [-0.3, -0.25) is 4.79 Å². The van der Waals surface area contributed by atoms with Gasteiger partial charge in [-0.2, -0.15) is 5.26 Å². The first-order valence-electron chi connectivity index (χ1n) is 9.03. The number of ether oxygens (including phenoxy) is 1. The van der Waals surface area contributed by atoms with E-state index in [1.54, 1.807) is 36.4 Å². The van der Waals surface area contributed by atoms with E-state index in [0.29, 0.717) is 17.0 Å². The molecule has 0 bridgehead atoms. The van der Waals surface area contributed by atoms with Crippen molar-refractivity contribution < 1.29 is 17.9 Å². The van der Waals surface area contributed by atoms with E-state index >= 15 is 0 Å². The molecule has 146 valence electrons. The fraction of sp³-hybridized carbons (Fsp3) is 0.300. The predicted molar refractivity (Wildman–Crippen MR) is 104 cm³/mol. The number of sulfonamides is 1. The maximum atomic E-state index is 12.4. The molecule has 0 aliphatic heterocycles. The van der Waals surface area contributed by atoms with Crippen LogP contribution in [0.1, 0.15) is 31.2 Å². The van der Waals surface area contributed by atoms with Crippen LogP contribution in [-0.2, 0) is 14.8 Å².